The maximum absolute atomic E-state index is 12.7. The van der Waals surface area contributed by atoms with Gasteiger partial charge in [0.2, 0.25) is 0 Å². The van der Waals surface area contributed by atoms with Crippen molar-refractivity contribution in [2.75, 3.05) is 26.3 Å². The Morgan fingerprint density at radius 2 is 1.73 bits per heavy atom. The maximum atomic E-state index is 12.7. The Kier molecular flexibility index (Phi) is 8.96. The predicted octanol–water partition coefficient (Wildman–Crippen LogP) is 4.40. The van der Waals surface area contributed by atoms with Crippen molar-refractivity contribution in [2.24, 2.45) is 5.92 Å². The third kappa shape index (κ3) is 7.64. The van der Waals surface area contributed by atoms with Gasteiger partial charge >= 0.3 is 6.09 Å². The molecule has 194 valence electrons. The molecule has 8 nitrogen and oxygen atoms in total. The molecule has 3 aromatic rings. The van der Waals surface area contributed by atoms with E-state index in [-0.39, 0.29) is 23.0 Å². The summed E-state index contributed by atoms with van der Waals surface area (Å²) in [5, 5.41) is 0. The van der Waals surface area contributed by atoms with Crippen LogP contribution in [-0.4, -0.2) is 51.6 Å². The molecule has 0 spiro atoms. The summed E-state index contributed by atoms with van der Waals surface area (Å²) in [7, 11) is -4.01. The SMILES string of the molecule is O=C(NS(=O)(=O)c1ccc(Br)cc1)c1cccc(C[C@H]2COCCN(C(=O)OCc3ccccc3)C2)c1. The van der Waals surface area contributed by atoms with Crippen molar-refractivity contribution in [3.63, 3.8) is 0 Å². The van der Waals surface area contributed by atoms with Crippen molar-refractivity contribution >= 4 is 38.0 Å². The Morgan fingerprint density at radius 3 is 2.49 bits per heavy atom. The van der Waals surface area contributed by atoms with E-state index in [4.69, 9.17) is 9.47 Å². The van der Waals surface area contributed by atoms with E-state index in [1.165, 1.54) is 12.1 Å². The molecule has 1 atom stereocenters. The fourth-order valence-corrected chi connectivity index (χ4v) is 5.25. The van der Waals surface area contributed by atoms with Gasteiger partial charge in [-0.05, 0) is 53.9 Å². The first-order chi connectivity index (χ1) is 17.8. The van der Waals surface area contributed by atoms with Crippen LogP contribution >= 0.6 is 15.9 Å². The van der Waals surface area contributed by atoms with Crippen molar-refractivity contribution in [3.8, 4) is 0 Å². The summed E-state index contributed by atoms with van der Waals surface area (Å²) in [4.78, 5) is 27.0. The summed E-state index contributed by atoms with van der Waals surface area (Å²) in [6.45, 7) is 1.94. The number of hydrogen-bond acceptors (Lipinski definition) is 6. The number of nitrogens with zero attached hydrogens (tertiary/aromatic N) is 1. The van der Waals surface area contributed by atoms with Gasteiger partial charge in [-0.2, -0.15) is 0 Å². The summed E-state index contributed by atoms with van der Waals surface area (Å²) in [5.41, 5.74) is 1.98. The molecule has 2 amide bonds. The normalized spacial score (nSPS) is 16.0. The summed E-state index contributed by atoms with van der Waals surface area (Å²) < 4.78 is 39.2. The highest BCUT2D eigenvalue weighted by molar-refractivity contribution is 9.10. The minimum atomic E-state index is -4.01. The number of ether oxygens (including phenoxy) is 2. The zero-order chi connectivity index (χ0) is 26.3. The summed E-state index contributed by atoms with van der Waals surface area (Å²) >= 11 is 3.26. The fourth-order valence-electron chi connectivity index (χ4n) is 4.01. The summed E-state index contributed by atoms with van der Waals surface area (Å²) in [5.74, 6) is -0.732. The van der Waals surface area contributed by atoms with Gasteiger partial charge in [0, 0.05) is 29.0 Å². The van der Waals surface area contributed by atoms with Crippen LogP contribution in [0.3, 0.4) is 0 Å². The van der Waals surface area contributed by atoms with E-state index in [9.17, 15) is 18.0 Å². The lowest BCUT2D eigenvalue weighted by Crippen LogP contribution is -2.36. The van der Waals surface area contributed by atoms with Gasteiger partial charge in [0.15, 0.2) is 0 Å². The fraction of sp³-hybridized carbons (Fsp3) is 0.259. The summed E-state index contributed by atoms with van der Waals surface area (Å²) in [6.07, 6.45) is 0.147. The van der Waals surface area contributed by atoms with Crippen molar-refractivity contribution in [1.29, 1.82) is 0 Å². The van der Waals surface area contributed by atoms with Crippen LogP contribution < -0.4 is 4.72 Å². The van der Waals surface area contributed by atoms with E-state index in [1.54, 1.807) is 35.2 Å². The Morgan fingerprint density at radius 1 is 1.00 bits per heavy atom. The first kappa shape index (κ1) is 26.8. The number of amides is 2. The van der Waals surface area contributed by atoms with Crippen LogP contribution in [0.2, 0.25) is 0 Å². The van der Waals surface area contributed by atoms with E-state index in [2.05, 4.69) is 20.7 Å². The number of benzene rings is 3. The lowest BCUT2D eigenvalue weighted by Gasteiger charge is -2.23. The predicted molar refractivity (Wildman–Crippen MR) is 141 cm³/mol. The quantitative estimate of drug-likeness (QED) is 0.440. The van der Waals surface area contributed by atoms with Gasteiger partial charge < -0.3 is 14.4 Å². The zero-order valence-electron chi connectivity index (χ0n) is 20.0. The van der Waals surface area contributed by atoms with Crippen molar-refractivity contribution in [1.82, 2.24) is 9.62 Å². The molecule has 0 unspecified atom stereocenters. The lowest BCUT2D eigenvalue weighted by molar-refractivity contribution is 0.0914. The number of halogens is 1. The van der Waals surface area contributed by atoms with Crippen LogP contribution in [0, 0.1) is 5.92 Å². The molecule has 0 bridgehead atoms. The molecule has 1 aliphatic rings. The number of rotatable bonds is 7. The molecule has 1 saturated heterocycles. The minimum absolute atomic E-state index is 0.00458. The van der Waals surface area contributed by atoms with Gasteiger partial charge in [-0.1, -0.05) is 58.4 Å². The number of nitrogens with one attached hydrogen (secondary N) is 1. The van der Waals surface area contributed by atoms with Crippen molar-refractivity contribution in [2.45, 2.75) is 17.9 Å². The summed E-state index contributed by atoms with van der Waals surface area (Å²) in [6, 6.07) is 22.3. The molecule has 1 aliphatic heterocycles. The highest BCUT2D eigenvalue weighted by Crippen LogP contribution is 2.18. The molecule has 0 radical (unpaired) electrons. The molecule has 10 heteroatoms. The highest BCUT2D eigenvalue weighted by Gasteiger charge is 2.24. The van der Waals surface area contributed by atoms with Gasteiger partial charge in [-0.3, -0.25) is 4.79 Å². The average molecular weight is 587 g/mol. The minimum Gasteiger partial charge on any atom is -0.445 e. The molecule has 1 fully saturated rings. The third-order valence-electron chi connectivity index (χ3n) is 5.87. The largest absolute Gasteiger partial charge is 0.445 e. The molecular weight excluding hydrogens is 560 g/mol. The van der Waals surface area contributed by atoms with Gasteiger partial charge in [-0.15, -0.1) is 0 Å². The second kappa shape index (κ2) is 12.4. The van der Waals surface area contributed by atoms with Gasteiger partial charge in [0.1, 0.15) is 6.61 Å². The molecule has 3 aromatic carbocycles. The number of carbonyl (C=O) groups is 2. The lowest BCUT2D eigenvalue weighted by atomic mass is 9.98. The number of hydrogen-bond donors (Lipinski definition) is 1. The topological polar surface area (TPSA) is 102 Å². The van der Waals surface area contributed by atoms with Crippen LogP contribution in [0.5, 0.6) is 0 Å². The van der Waals surface area contributed by atoms with Gasteiger partial charge in [0.25, 0.3) is 15.9 Å². The molecule has 1 heterocycles. The van der Waals surface area contributed by atoms with E-state index in [0.29, 0.717) is 32.7 Å². The van der Waals surface area contributed by atoms with E-state index >= 15 is 0 Å². The molecular formula is C27H27BrN2O6S. The molecule has 4 rings (SSSR count). The van der Waals surface area contributed by atoms with E-state index < -0.39 is 22.0 Å². The van der Waals surface area contributed by atoms with Crippen LogP contribution in [0.1, 0.15) is 21.5 Å². The number of sulfonamides is 1. The van der Waals surface area contributed by atoms with Crippen molar-refractivity contribution in [3.05, 3.63) is 100 Å². The van der Waals surface area contributed by atoms with Crippen molar-refractivity contribution < 1.29 is 27.5 Å². The van der Waals surface area contributed by atoms with E-state index in [1.807, 2.05) is 36.4 Å². The molecule has 1 N–H and O–H groups in total. The second-order valence-electron chi connectivity index (χ2n) is 8.72. The smallest absolute Gasteiger partial charge is 0.410 e. The maximum Gasteiger partial charge on any atom is 0.410 e. The molecule has 0 aromatic heterocycles. The Balaban J connectivity index is 1.37. The highest BCUT2D eigenvalue weighted by atomic mass is 79.9. The van der Waals surface area contributed by atoms with Gasteiger partial charge in [-0.25, -0.2) is 17.9 Å². The molecule has 0 aliphatic carbocycles. The Bertz CT molecular complexity index is 1330. The first-order valence-electron chi connectivity index (χ1n) is 11.8. The van der Waals surface area contributed by atoms with Crippen LogP contribution in [0.15, 0.2) is 88.2 Å². The Hall–Kier alpha value is -3.21. The second-order valence-corrected chi connectivity index (χ2v) is 11.3. The monoisotopic (exact) mass is 586 g/mol. The molecule has 0 saturated carbocycles. The van der Waals surface area contributed by atoms with E-state index in [0.717, 1.165) is 15.6 Å². The molecule has 37 heavy (non-hydrogen) atoms. The van der Waals surface area contributed by atoms with Gasteiger partial charge in [0.05, 0.1) is 18.1 Å². The first-order valence-corrected chi connectivity index (χ1v) is 14.0. The zero-order valence-corrected chi connectivity index (χ0v) is 22.4. The van der Waals surface area contributed by atoms with Crippen LogP contribution in [0.25, 0.3) is 0 Å². The Labute approximate surface area is 224 Å². The third-order valence-corrected chi connectivity index (χ3v) is 7.74. The van der Waals surface area contributed by atoms with Crippen LogP contribution in [0.4, 0.5) is 4.79 Å². The average Bonchev–Trinajstić information content (AvgIpc) is 3.14. The van der Waals surface area contributed by atoms with Crippen LogP contribution in [-0.2, 0) is 32.5 Å². The number of carbonyl (C=O) groups excluding carboxylic acids is 2. The standard InChI is InChI=1S/C27H27BrN2O6S/c28-24-9-11-25(12-10-24)37(33,34)29-26(31)23-8-4-7-21(16-23)15-22-17-30(13-14-35-18-22)27(32)36-19-20-5-2-1-3-6-20/h1-12,16,22H,13-15,17-19H2,(H,29,31)/t22-/m1/s1.